The van der Waals surface area contributed by atoms with Gasteiger partial charge in [-0.25, -0.2) is 13.2 Å². The quantitative estimate of drug-likeness (QED) is 0.501. The van der Waals surface area contributed by atoms with Gasteiger partial charge in [0.25, 0.3) is 6.43 Å². The van der Waals surface area contributed by atoms with Crippen LogP contribution >= 0.6 is 0 Å². The van der Waals surface area contributed by atoms with Gasteiger partial charge in [-0.2, -0.15) is 0 Å². The molecule has 2 heterocycles. The molecule has 31 heavy (non-hydrogen) atoms. The van der Waals surface area contributed by atoms with E-state index in [1.165, 1.54) is 12.1 Å². The molecule has 1 aliphatic heterocycles. The van der Waals surface area contributed by atoms with Crippen molar-refractivity contribution in [2.45, 2.75) is 25.8 Å². The molecule has 0 fully saturated rings. The fourth-order valence-corrected chi connectivity index (χ4v) is 3.87. The third-order valence-electron chi connectivity index (χ3n) is 5.50. The number of nitrogens with zero attached hydrogens (tertiary/aromatic N) is 1. The summed E-state index contributed by atoms with van der Waals surface area (Å²) in [6, 6.07) is 9.21. The number of methoxy groups -OCH3 is 1. The number of ether oxygens (including phenoxy) is 2. The van der Waals surface area contributed by atoms with Crippen molar-refractivity contribution in [2.24, 2.45) is 0 Å². The molecule has 0 saturated carbocycles. The van der Waals surface area contributed by atoms with E-state index in [2.05, 4.69) is 10.3 Å². The van der Waals surface area contributed by atoms with Gasteiger partial charge in [0, 0.05) is 34.5 Å². The van der Waals surface area contributed by atoms with Crippen LogP contribution in [0.1, 0.15) is 42.5 Å². The van der Waals surface area contributed by atoms with Gasteiger partial charge in [-0.05, 0) is 31.1 Å². The van der Waals surface area contributed by atoms with Crippen molar-refractivity contribution in [2.75, 3.05) is 25.6 Å². The number of pyridine rings is 1. The smallest absolute Gasteiger partial charge is 0.266 e. The summed E-state index contributed by atoms with van der Waals surface area (Å²) in [7, 11) is 1.62. The third-order valence-corrected chi connectivity index (χ3v) is 5.50. The summed E-state index contributed by atoms with van der Waals surface area (Å²) in [5, 5.41) is 4.10. The number of halogens is 3. The molecule has 0 radical (unpaired) electrons. The maximum absolute atomic E-state index is 14.6. The monoisotopic (exact) mass is 428 g/mol. The molecular formula is C24H23F3N2O2. The van der Waals surface area contributed by atoms with Gasteiger partial charge in [0.2, 0.25) is 0 Å². The van der Waals surface area contributed by atoms with Crippen molar-refractivity contribution in [3.05, 3.63) is 71.2 Å². The highest BCUT2D eigenvalue weighted by atomic mass is 19.3. The second-order valence-corrected chi connectivity index (χ2v) is 7.40. The number of aromatic nitrogens is 1. The maximum Gasteiger partial charge on any atom is 0.266 e. The van der Waals surface area contributed by atoms with Crippen LogP contribution in [0.25, 0.3) is 16.5 Å². The minimum Gasteiger partial charge on any atom is -0.496 e. The second-order valence-electron chi connectivity index (χ2n) is 7.40. The van der Waals surface area contributed by atoms with E-state index >= 15 is 0 Å². The lowest BCUT2D eigenvalue weighted by atomic mass is 9.97. The first-order valence-corrected chi connectivity index (χ1v) is 10.1. The van der Waals surface area contributed by atoms with E-state index < -0.39 is 23.8 Å². The summed E-state index contributed by atoms with van der Waals surface area (Å²) in [5.74, 6) is -0.167. The molecular weight excluding hydrogens is 405 g/mol. The van der Waals surface area contributed by atoms with Crippen molar-refractivity contribution in [1.82, 2.24) is 4.98 Å². The van der Waals surface area contributed by atoms with Gasteiger partial charge in [-0.3, -0.25) is 4.98 Å². The predicted octanol–water partition coefficient (Wildman–Crippen LogP) is 6.30. The standard InChI is InChI=1S/C24H23F3N2O2/c1-14(16-4-3-5-17(23(16)25)24(26)27)29-20-6-9-28-21-13-22(30-2)18(12-19(20)21)15-7-10-31-11-8-15/h3-7,9,12-14,24H,8,10-11H2,1-2H3,(H,28,29). The zero-order valence-corrected chi connectivity index (χ0v) is 17.3. The molecule has 0 bridgehead atoms. The highest BCUT2D eigenvalue weighted by molar-refractivity contribution is 5.95. The lowest BCUT2D eigenvalue weighted by Gasteiger charge is -2.21. The van der Waals surface area contributed by atoms with Gasteiger partial charge in [0.1, 0.15) is 11.6 Å². The predicted molar refractivity (Wildman–Crippen MR) is 115 cm³/mol. The molecule has 1 unspecified atom stereocenters. The molecule has 1 N–H and O–H groups in total. The van der Waals surface area contributed by atoms with Crippen LogP contribution in [-0.2, 0) is 4.74 Å². The van der Waals surface area contributed by atoms with Crippen molar-refractivity contribution < 1.29 is 22.6 Å². The first-order chi connectivity index (χ1) is 15.0. The van der Waals surface area contributed by atoms with E-state index in [0.29, 0.717) is 24.5 Å². The van der Waals surface area contributed by atoms with Crippen LogP contribution in [0.15, 0.2) is 48.7 Å². The first-order valence-electron chi connectivity index (χ1n) is 10.1. The Labute approximate surface area is 178 Å². The van der Waals surface area contributed by atoms with Crippen LogP contribution in [0.3, 0.4) is 0 Å². The molecule has 162 valence electrons. The fourth-order valence-electron chi connectivity index (χ4n) is 3.87. The summed E-state index contributed by atoms with van der Waals surface area (Å²) in [6.07, 6.45) is 1.59. The largest absolute Gasteiger partial charge is 0.496 e. The lowest BCUT2D eigenvalue weighted by molar-refractivity contribution is 0.146. The average molecular weight is 428 g/mol. The Hall–Kier alpha value is -3.06. The van der Waals surface area contributed by atoms with E-state index in [9.17, 15) is 13.2 Å². The van der Waals surface area contributed by atoms with E-state index in [-0.39, 0.29) is 5.56 Å². The number of nitrogens with one attached hydrogen (secondary N) is 1. The van der Waals surface area contributed by atoms with Crippen molar-refractivity contribution in [1.29, 1.82) is 0 Å². The molecule has 7 heteroatoms. The van der Waals surface area contributed by atoms with E-state index in [4.69, 9.17) is 9.47 Å². The molecule has 0 amide bonds. The average Bonchev–Trinajstić information content (AvgIpc) is 2.78. The zero-order valence-electron chi connectivity index (χ0n) is 17.3. The Morgan fingerprint density at radius 2 is 1.97 bits per heavy atom. The molecule has 0 aliphatic carbocycles. The summed E-state index contributed by atoms with van der Waals surface area (Å²) >= 11 is 0. The molecule has 4 rings (SSSR count). The van der Waals surface area contributed by atoms with Gasteiger partial charge in [-0.1, -0.05) is 24.3 Å². The Balaban J connectivity index is 1.74. The van der Waals surface area contributed by atoms with Crippen LogP contribution in [0.5, 0.6) is 5.75 Å². The molecule has 1 aliphatic rings. The van der Waals surface area contributed by atoms with Crippen molar-refractivity contribution in [3.8, 4) is 5.75 Å². The van der Waals surface area contributed by atoms with Gasteiger partial charge in [0.05, 0.1) is 37.4 Å². The van der Waals surface area contributed by atoms with Crippen LogP contribution in [0.2, 0.25) is 0 Å². The molecule has 1 aromatic heterocycles. The number of benzene rings is 2. The molecule has 0 spiro atoms. The number of hydrogen-bond acceptors (Lipinski definition) is 4. The molecule has 1 atom stereocenters. The van der Waals surface area contributed by atoms with Crippen molar-refractivity contribution >= 4 is 22.2 Å². The number of alkyl halides is 2. The summed E-state index contributed by atoms with van der Waals surface area (Å²) in [5.41, 5.74) is 3.12. The van der Waals surface area contributed by atoms with E-state index in [1.807, 2.05) is 18.2 Å². The Kier molecular flexibility index (Phi) is 6.13. The first kappa shape index (κ1) is 21.2. The van der Waals surface area contributed by atoms with Crippen LogP contribution < -0.4 is 10.1 Å². The van der Waals surface area contributed by atoms with E-state index in [1.54, 1.807) is 26.3 Å². The molecule has 4 nitrogen and oxygen atoms in total. The molecule has 0 saturated heterocycles. The summed E-state index contributed by atoms with van der Waals surface area (Å²) in [4.78, 5) is 4.43. The summed E-state index contributed by atoms with van der Waals surface area (Å²) in [6.45, 7) is 2.93. The van der Waals surface area contributed by atoms with Gasteiger partial charge < -0.3 is 14.8 Å². The van der Waals surface area contributed by atoms with Crippen LogP contribution in [0, 0.1) is 5.82 Å². The van der Waals surface area contributed by atoms with Gasteiger partial charge in [-0.15, -0.1) is 0 Å². The Morgan fingerprint density at radius 1 is 1.16 bits per heavy atom. The maximum atomic E-state index is 14.6. The number of anilines is 1. The Bertz CT molecular complexity index is 1130. The number of rotatable bonds is 6. The normalized spacial score (nSPS) is 15.1. The minimum atomic E-state index is -2.86. The highest BCUT2D eigenvalue weighted by Gasteiger charge is 2.20. The second kappa shape index (κ2) is 8.98. The summed E-state index contributed by atoms with van der Waals surface area (Å²) < 4.78 is 51.8. The third kappa shape index (κ3) is 4.23. The fraction of sp³-hybridized carbons (Fsp3) is 0.292. The number of hydrogen-bond donors (Lipinski definition) is 1. The SMILES string of the molecule is COc1cc2nccc(NC(C)c3cccc(C(F)F)c3F)c2cc1C1=CCOCC1. The van der Waals surface area contributed by atoms with Crippen LogP contribution in [-0.4, -0.2) is 25.3 Å². The molecule has 2 aromatic carbocycles. The lowest BCUT2D eigenvalue weighted by Crippen LogP contribution is -2.11. The topological polar surface area (TPSA) is 43.4 Å². The van der Waals surface area contributed by atoms with Gasteiger partial charge in [0.15, 0.2) is 0 Å². The minimum absolute atomic E-state index is 0.184. The zero-order chi connectivity index (χ0) is 22.0. The van der Waals surface area contributed by atoms with Crippen molar-refractivity contribution in [3.63, 3.8) is 0 Å². The Morgan fingerprint density at radius 3 is 2.68 bits per heavy atom. The number of fused-ring (bicyclic) bond motifs is 1. The van der Waals surface area contributed by atoms with Gasteiger partial charge >= 0.3 is 0 Å². The molecule has 3 aromatic rings. The van der Waals surface area contributed by atoms with Crippen LogP contribution in [0.4, 0.5) is 18.9 Å². The van der Waals surface area contributed by atoms with E-state index in [0.717, 1.165) is 34.7 Å². The highest BCUT2D eigenvalue weighted by Crippen LogP contribution is 2.37.